The normalized spacial score (nSPS) is 16.9. The number of nitrogen functional groups attached to an aromatic ring is 1. The second kappa shape index (κ2) is 3.75. The number of nitrogens with zero attached hydrogens (tertiary/aromatic N) is 1. The molecule has 3 nitrogen and oxygen atoms in total. The Labute approximate surface area is 77.9 Å². The zero-order valence-corrected chi connectivity index (χ0v) is 7.57. The third-order valence-corrected chi connectivity index (χ3v) is 2.38. The van der Waals surface area contributed by atoms with Crippen LogP contribution >= 0.6 is 0 Å². The second-order valence-corrected chi connectivity index (χ2v) is 3.45. The number of anilines is 1. The van der Waals surface area contributed by atoms with Crippen LogP contribution in [0, 0.1) is 0 Å². The molecule has 0 radical (unpaired) electrons. The fraction of sp³-hybridized carbons (Fsp3) is 0.500. The quantitative estimate of drug-likeness (QED) is 0.766. The standard InChI is InChI=1S/C10H14N2O/c11-10-6-8(4-5-12-10)7-13-9-2-1-3-9/h4-6,9H,1-3,7H2,(H2,11,12). The molecule has 70 valence electrons. The van der Waals surface area contributed by atoms with Gasteiger partial charge in [0.2, 0.25) is 0 Å². The highest BCUT2D eigenvalue weighted by atomic mass is 16.5. The van der Waals surface area contributed by atoms with Crippen molar-refractivity contribution in [1.29, 1.82) is 0 Å². The first-order valence-corrected chi connectivity index (χ1v) is 4.66. The fourth-order valence-electron chi connectivity index (χ4n) is 1.34. The molecule has 1 aliphatic carbocycles. The maximum atomic E-state index is 5.64. The van der Waals surface area contributed by atoms with Gasteiger partial charge in [-0.15, -0.1) is 0 Å². The van der Waals surface area contributed by atoms with E-state index in [9.17, 15) is 0 Å². The maximum absolute atomic E-state index is 5.64. The fourth-order valence-corrected chi connectivity index (χ4v) is 1.34. The van der Waals surface area contributed by atoms with Gasteiger partial charge in [0.1, 0.15) is 5.82 Å². The van der Waals surface area contributed by atoms with Gasteiger partial charge in [-0.1, -0.05) is 0 Å². The van der Waals surface area contributed by atoms with E-state index in [1.165, 1.54) is 19.3 Å². The van der Waals surface area contributed by atoms with Gasteiger partial charge in [-0.2, -0.15) is 0 Å². The Morgan fingerprint density at radius 1 is 1.54 bits per heavy atom. The summed E-state index contributed by atoms with van der Waals surface area (Å²) in [5, 5.41) is 0. The third-order valence-electron chi connectivity index (χ3n) is 2.38. The lowest BCUT2D eigenvalue weighted by Crippen LogP contribution is -2.21. The molecule has 0 aliphatic heterocycles. The summed E-state index contributed by atoms with van der Waals surface area (Å²) < 4.78 is 5.64. The molecule has 3 heteroatoms. The first-order valence-electron chi connectivity index (χ1n) is 4.66. The minimum Gasteiger partial charge on any atom is -0.384 e. The number of rotatable bonds is 3. The molecule has 0 saturated heterocycles. The molecule has 1 heterocycles. The lowest BCUT2D eigenvalue weighted by atomic mass is 9.96. The third kappa shape index (κ3) is 2.18. The van der Waals surface area contributed by atoms with E-state index >= 15 is 0 Å². The molecule has 0 bridgehead atoms. The summed E-state index contributed by atoms with van der Waals surface area (Å²) in [4.78, 5) is 3.92. The smallest absolute Gasteiger partial charge is 0.123 e. The van der Waals surface area contributed by atoms with Crippen LogP contribution in [0.4, 0.5) is 5.82 Å². The first-order chi connectivity index (χ1) is 6.34. The number of pyridine rings is 1. The van der Waals surface area contributed by atoms with Crippen LogP contribution in [0.2, 0.25) is 0 Å². The summed E-state index contributed by atoms with van der Waals surface area (Å²) in [6, 6.07) is 3.80. The zero-order valence-electron chi connectivity index (χ0n) is 7.57. The topological polar surface area (TPSA) is 48.1 Å². The van der Waals surface area contributed by atoms with Crippen molar-refractivity contribution in [3.05, 3.63) is 23.9 Å². The predicted octanol–water partition coefficient (Wildman–Crippen LogP) is 1.73. The molecule has 1 aliphatic rings. The van der Waals surface area contributed by atoms with E-state index in [-0.39, 0.29) is 0 Å². The van der Waals surface area contributed by atoms with Crippen LogP contribution in [-0.2, 0) is 11.3 Å². The lowest BCUT2D eigenvalue weighted by Gasteiger charge is -2.25. The Balaban J connectivity index is 1.86. The van der Waals surface area contributed by atoms with Crippen LogP contribution in [0.25, 0.3) is 0 Å². The summed E-state index contributed by atoms with van der Waals surface area (Å²) in [5.41, 5.74) is 6.66. The van der Waals surface area contributed by atoms with Crippen molar-refractivity contribution in [1.82, 2.24) is 4.98 Å². The Morgan fingerprint density at radius 2 is 2.38 bits per heavy atom. The predicted molar refractivity (Wildman–Crippen MR) is 51.1 cm³/mol. The first kappa shape index (κ1) is 8.51. The minimum atomic E-state index is 0.481. The van der Waals surface area contributed by atoms with Crippen molar-refractivity contribution in [3.8, 4) is 0 Å². The molecule has 1 fully saturated rings. The van der Waals surface area contributed by atoms with Gasteiger partial charge < -0.3 is 10.5 Å². The molecule has 2 rings (SSSR count). The molecule has 0 unspecified atom stereocenters. The van der Waals surface area contributed by atoms with Crippen molar-refractivity contribution >= 4 is 5.82 Å². The molecule has 2 N–H and O–H groups in total. The summed E-state index contributed by atoms with van der Waals surface area (Å²) >= 11 is 0. The molecule has 1 aromatic heterocycles. The summed E-state index contributed by atoms with van der Waals surface area (Å²) in [6.07, 6.45) is 5.92. The maximum Gasteiger partial charge on any atom is 0.123 e. The highest BCUT2D eigenvalue weighted by Gasteiger charge is 2.17. The molecule has 0 spiro atoms. The molecule has 1 aromatic rings. The van der Waals surface area contributed by atoms with E-state index in [4.69, 9.17) is 10.5 Å². The van der Waals surface area contributed by atoms with Crippen LogP contribution in [-0.4, -0.2) is 11.1 Å². The van der Waals surface area contributed by atoms with Gasteiger partial charge in [0.25, 0.3) is 0 Å². The van der Waals surface area contributed by atoms with Crippen LogP contribution in [0.1, 0.15) is 24.8 Å². The van der Waals surface area contributed by atoms with E-state index in [0.717, 1.165) is 5.56 Å². The molecular formula is C10H14N2O. The average molecular weight is 178 g/mol. The number of ether oxygens (including phenoxy) is 1. The average Bonchev–Trinajstić information content (AvgIpc) is 2.01. The number of hydrogen-bond donors (Lipinski definition) is 1. The van der Waals surface area contributed by atoms with Gasteiger partial charge in [0.05, 0.1) is 12.7 Å². The van der Waals surface area contributed by atoms with Gasteiger partial charge in [-0.3, -0.25) is 0 Å². The second-order valence-electron chi connectivity index (χ2n) is 3.45. The largest absolute Gasteiger partial charge is 0.384 e. The zero-order chi connectivity index (χ0) is 9.10. The Hall–Kier alpha value is -1.09. The van der Waals surface area contributed by atoms with E-state index in [2.05, 4.69) is 4.98 Å². The van der Waals surface area contributed by atoms with E-state index in [1.54, 1.807) is 6.20 Å². The van der Waals surface area contributed by atoms with Gasteiger partial charge in [-0.05, 0) is 37.0 Å². The number of nitrogens with two attached hydrogens (primary N) is 1. The Bertz CT molecular complexity index is 284. The van der Waals surface area contributed by atoms with Crippen LogP contribution in [0.15, 0.2) is 18.3 Å². The highest BCUT2D eigenvalue weighted by Crippen LogP contribution is 2.23. The van der Waals surface area contributed by atoms with E-state index in [0.29, 0.717) is 18.5 Å². The summed E-state index contributed by atoms with van der Waals surface area (Å²) in [7, 11) is 0. The van der Waals surface area contributed by atoms with Crippen molar-refractivity contribution < 1.29 is 4.74 Å². The molecule has 0 amide bonds. The Morgan fingerprint density at radius 3 is 3.00 bits per heavy atom. The van der Waals surface area contributed by atoms with Crippen molar-refractivity contribution in [2.75, 3.05) is 5.73 Å². The van der Waals surface area contributed by atoms with Crippen molar-refractivity contribution in [2.24, 2.45) is 0 Å². The van der Waals surface area contributed by atoms with Crippen LogP contribution in [0.5, 0.6) is 0 Å². The summed E-state index contributed by atoms with van der Waals surface area (Å²) in [5.74, 6) is 0.565. The van der Waals surface area contributed by atoms with Crippen LogP contribution in [0.3, 0.4) is 0 Å². The summed E-state index contributed by atoms with van der Waals surface area (Å²) in [6.45, 7) is 0.664. The molecule has 0 atom stereocenters. The van der Waals surface area contributed by atoms with E-state index in [1.807, 2.05) is 12.1 Å². The highest BCUT2D eigenvalue weighted by molar-refractivity contribution is 5.31. The number of aromatic nitrogens is 1. The van der Waals surface area contributed by atoms with Crippen molar-refractivity contribution in [3.63, 3.8) is 0 Å². The van der Waals surface area contributed by atoms with Crippen molar-refractivity contribution in [2.45, 2.75) is 32.0 Å². The molecule has 1 saturated carbocycles. The van der Waals surface area contributed by atoms with Gasteiger partial charge in [-0.25, -0.2) is 4.98 Å². The van der Waals surface area contributed by atoms with Gasteiger partial charge in [0.15, 0.2) is 0 Å². The molecule has 13 heavy (non-hydrogen) atoms. The Kier molecular flexibility index (Phi) is 2.45. The monoisotopic (exact) mass is 178 g/mol. The minimum absolute atomic E-state index is 0.481. The van der Waals surface area contributed by atoms with Gasteiger partial charge in [0, 0.05) is 6.20 Å². The van der Waals surface area contributed by atoms with Crippen LogP contribution < -0.4 is 5.73 Å². The van der Waals surface area contributed by atoms with E-state index < -0.39 is 0 Å². The SMILES string of the molecule is Nc1cc(COC2CCC2)ccn1. The van der Waals surface area contributed by atoms with Gasteiger partial charge >= 0.3 is 0 Å². The number of hydrogen-bond acceptors (Lipinski definition) is 3. The molecule has 0 aromatic carbocycles. The lowest BCUT2D eigenvalue weighted by molar-refractivity contribution is -0.00866. The molecular weight excluding hydrogens is 164 g/mol.